The number of rotatable bonds is 3. The number of carbonyl (C=O) groups excluding carboxylic acids is 1. The van der Waals surface area contributed by atoms with E-state index in [-0.39, 0.29) is 11.5 Å². The molecular weight excluding hydrogens is 401 g/mol. The van der Waals surface area contributed by atoms with Gasteiger partial charge in [-0.25, -0.2) is 0 Å². The van der Waals surface area contributed by atoms with Crippen LogP contribution in [0, 0.1) is 28.7 Å². The fourth-order valence-corrected chi connectivity index (χ4v) is 3.01. The number of carbonyl (C=O) groups is 1. The fraction of sp³-hybridized carbons (Fsp3) is 0.222. The first kappa shape index (κ1) is 17.3. The summed E-state index contributed by atoms with van der Waals surface area (Å²) in [6.07, 6.45) is 1.66. The van der Waals surface area contributed by atoms with Crippen LogP contribution in [0.5, 0.6) is 0 Å². The summed E-state index contributed by atoms with van der Waals surface area (Å²) in [5.41, 5.74) is 4.16. The number of nitrogens with zero attached hydrogens (tertiary/aromatic N) is 3. The lowest BCUT2D eigenvalue weighted by molar-refractivity contribution is -0.124. The molecule has 0 radical (unpaired) electrons. The zero-order valence-corrected chi connectivity index (χ0v) is 15.7. The molecule has 0 saturated heterocycles. The number of amides is 1. The van der Waals surface area contributed by atoms with Crippen LogP contribution in [0.1, 0.15) is 17.0 Å². The minimum atomic E-state index is -0.286. The summed E-state index contributed by atoms with van der Waals surface area (Å²) < 4.78 is 3.29. The van der Waals surface area contributed by atoms with E-state index in [0.717, 1.165) is 26.2 Å². The van der Waals surface area contributed by atoms with Crippen LogP contribution in [0.3, 0.4) is 0 Å². The van der Waals surface area contributed by atoms with Gasteiger partial charge in [0.25, 0.3) is 5.91 Å². The number of likely N-dealkylation sites (N-methyl/N-ethyl adjacent to an activating group) is 1. The molecule has 0 aliphatic rings. The van der Waals surface area contributed by atoms with Gasteiger partial charge in [0.15, 0.2) is 0 Å². The average molecular weight is 419 g/mol. The van der Waals surface area contributed by atoms with Crippen LogP contribution in [0.25, 0.3) is 11.8 Å². The Bertz CT molecular complexity index is 825. The molecule has 2 aromatic rings. The summed E-state index contributed by atoms with van der Waals surface area (Å²) >= 11 is 2.29. The van der Waals surface area contributed by atoms with Crippen molar-refractivity contribution in [2.24, 2.45) is 0 Å². The summed E-state index contributed by atoms with van der Waals surface area (Å²) in [5, 5.41) is 9.25. The predicted molar refractivity (Wildman–Crippen MR) is 100 cm³/mol. The Hall–Kier alpha value is -2.07. The molecule has 0 aliphatic heterocycles. The zero-order chi connectivity index (χ0) is 17.1. The van der Waals surface area contributed by atoms with Gasteiger partial charge in [-0.2, -0.15) is 5.26 Å². The number of hydrogen-bond acceptors (Lipinski definition) is 2. The molecule has 0 N–H and O–H groups in total. The summed E-state index contributed by atoms with van der Waals surface area (Å²) in [5.74, 6) is -0.286. The van der Waals surface area contributed by atoms with Gasteiger partial charge in [0.2, 0.25) is 0 Å². The Labute approximate surface area is 150 Å². The van der Waals surface area contributed by atoms with Gasteiger partial charge in [0.1, 0.15) is 11.6 Å². The molecule has 23 heavy (non-hydrogen) atoms. The molecule has 0 fully saturated rings. The quantitative estimate of drug-likeness (QED) is 0.433. The second-order valence-electron chi connectivity index (χ2n) is 5.51. The van der Waals surface area contributed by atoms with Crippen molar-refractivity contribution in [2.45, 2.75) is 13.8 Å². The van der Waals surface area contributed by atoms with Gasteiger partial charge in [0, 0.05) is 34.7 Å². The van der Waals surface area contributed by atoms with Gasteiger partial charge in [-0.05, 0) is 72.3 Å². The Morgan fingerprint density at radius 1 is 1.30 bits per heavy atom. The summed E-state index contributed by atoms with van der Waals surface area (Å²) in [4.78, 5) is 13.4. The molecule has 0 aliphatic carbocycles. The normalized spacial score (nSPS) is 11.2. The van der Waals surface area contributed by atoms with Crippen LogP contribution in [-0.4, -0.2) is 29.5 Å². The Morgan fingerprint density at radius 3 is 2.57 bits per heavy atom. The number of halogens is 1. The third-order valence-corrected chi connectivity index (χ3v) is 4.26. The van der Waals surface area contributed by atoms with Crippen molar-refractivity contribution in [1.29, 1.82) is 5.26 Å². The molecule has 0 saturated carbocycles. The molecule has 4 nitrogen and oxygen atoms in total. The summed E-state index contributed by atoms with van der Waals surface area (Å²) in [7, 11) is 3.28. The van der Waals surface area contributed by atoms with E-state index in [1.807, 2.05) is 44.2 Å². The molecule has 1 aromatic carbocycles. The first-order valence-electron chi connectivity index (χ1n) is 7.13. The van der Waals surface area contributed by atoms with Gasteiger partial charge in [-0.3, -0.25) is 4.79 Å². The van der Waals surface area contributed by atoms with Crippen LogP contribution < -0.4 is 0 Å². The lowest BCUT2D eigenvalue weighted by Crippen LogP contribution is -2.22. The molecule has 0 bridgehead atoms. The summed E-state index contributed by atoms with van der Waals surface area (Å²) in [6, 6.07) is 12.2. The van der Waals surface area contributed by atoms with Crippen LogP contribution in [-0.2, 0) is 4.79 Å². The first-order valence-corrected chi connectivity index (χ1v) is 8.21. The highest BCUT2D eigenvalue weighted by Gasteiger charge is 2.14. The number of aryl methyl sites for hydroxylation is 1. The number of aromatic nitrogens is 1. The predicted octanol–water partition coefficient (Wildman–Crippen LogP) is 3.69. The van der Waals surface area contributed by atoms with Crippen molar-refractivity contribution in [3.05, 3.63) is 56.4 Å². The molecule has 5 heteroatoms. The van der Waals surface area contributed by atoms with Crippen molar-refractivity contribution in [1.82, 2.24) is 9.47 Å². The lowest BCUT2D eigenvalue weighted by atomic mass is 10.1. The van der Waals surface area contributed by atoms with Crippen molar-refractivity contribution in [2.75, 3.05) is 14.1 Å². The standard InChI is InChI=1S/C18H18IN3O/c1-12-8-14(9-15(11-20)18(23)21(3)4)13(2)22(12)17-7-5-6-16(19)10-17/h5-10H,1-4H3/b15-9-. The highest BCUT2D eigenvalue weighted by atomic mass is 127. The van der Waals surface area contributed by atoms with E-state index in [9.17, 15) is 10.1 Å². The second kappa shape index (κ2) is 7.01. The van der Waals surface area contributed by atoms with Gasteiger partial charge in [-0.1, -0.05) is 6.07 Å². The maximum Gasteiger partial charge on any atom is 0.264 e. The fourth-order valence-electron chi connectivity index (χ4n) is 2.48. The number of nitriles is 1. The van der Waals surface area contributed by atoms with Crippen molar-refractivity contribution in [3.63, 3.8) is 0 Å². The van der Waals surface area contributed by atoms with E-state index in [4.69, 9.17) is 0 Å². The molecule has 1 aromatic heterocycles. The van der Waals surface area contributed by atoms with E-state index in [2.05, 4.69) is 33.2 Å². The van der Waals surface area contributed by atoms with Crippen LogP contribution >= 0.6 is 22.6 Å². The maximum atomic E-state index is 12.0. The van der Waals surface area contributed by atoms with Gasteiger partial charge >= 0.3 is 0 Å². The largest absolute Gasteiger partial charge is 0.344 e. The highest BCUT2D eigenvalue weighted by molar-refractivity contribution is 14.1. The van der Waals surface area contributed by atoms with Crippen LogP contribution in [0.4, 0.5) is 0 Å². The third kappa shape index (κ3) is 3.64. The van der Waals surface area contributed by atoms with Gasteiger partial charge in [0.05, 0.1) is 0 Å². The van der Waals surface area contributed by atoms with Crippen molar-refractivity contribution >= 4 is 34.6 Å². The van der Waals surface area contributed by atoms with E-state index >= 15 is 0 Å². The molecule has 2 rings (SSSR count). The minimum Gasteiger partial charge on any atom is -0.344 e. The topological polar surface area (TPSA) is 49.0 Å². The molecule has 0 unspecified atom stereocenters. The Morgan fingerprint density at radius 2 is 2.00 bits per heavy atom. The van der Waals surface area contributed by atoms with Crippen molar-refractivity contribution in [3.8, 4) is 11.8 Å². The summed E-state index contributed by atoms with van der Waals surface area (Å²) in [6.45, 7) is 4.01. The smallest absolute Gasteiger partial charge is 0.264 e. The zero-order valence-electron chi connectivity index (χ0n) is 13.6. The second-order valence-corrected chi connectivity index (χ2v) is 6.76. The first-order chi connectivity index (χ1) is 10.8. The Kier molecular flexibility index (Phi) is 5.26. The highest BCUT2D eigenvalue weighted by Crippen LogP contribution is 2.24. The molecule has 1 heterocycles. The van der Waals surface area contributed by atoms with Crippen LogP contribution in [0.15, 0.2) is 35.9 Å². The number of benzene rings is 1. The van der Waals surface area contributed by atoms with Crippen molar-refractivity contribution < 1.29 is 4.79 Å². The molecule has 0 atom stereocenters. The lowest BCUT2D eigenvalue weighted by Gasteiger charge is -2.10. The molecule has 118 valence electrons. The van der Waals surface area contributed by atoms with E-state index < -0.39 is 0 Å². The minimum absolute atomic E-state index is 0.137. The average Bonchev–Trinajstić information content (AvgIpc) is 2.78. The van der Waals surface area contributed by atoms with Crippen LogP contribution in [0.2, 0.25) is 0 Å². The molecule has 0 spiro atoms. The number of hydrogen-bond donors (Lipinski definition) is 0. The van der Waals surface area contributed by atoms with E-state index in [1.54, 1.807) is 20.2 Å². The maximum absolute atomic E-state index is 12.0. The van der Waals surface area contributed by atoms with E-state index in [0.29, 0.717) is 0 Å². The SMILES string of the molecule is Cc1cc(/C=C(/C#N)C(=O)N(C)C)c(C)n1-c1cccc(I)c1. The van der Waals surface area contributed by atoms with E-state index in [1.165, 1.54) is 4.90 Å². The molecular formula is C18H18IN3O. The Balaban J connectivity index is 2.54. The third-order valence-electron chi connectivity index (χ3n) is 3.59. The monoisotopic (exact) mass is 419 g/mol. The molecule has 1 amide bonds. The van der Waals surface area contributed by atoms with Gasteiger partial charge in [-0.15, -0.1) is 0 Å². The van der Waals surface area contributed by atoms with Gasteiger partial charge < -0.3 is 9.47 Å².